The highest BCUT2D eigenvalue weighted by Gasteiger charge is 2.53. The summed E-state index contributed by atoms with van der Waals surface area (Å²) in [4.78, 5) is 13.3. The van der Waals surface area contributed by atoms with Crippen molar-refractivity contribution < 1.29 is 89.4 Å². The Bertz CT molecular complexity index is 1540. The first-order valence-electron chi connectivity index (χ1n) is 31.1. The van der Waals surface area contributed by atoms with Crippen LogP contribution in [0.15, 0.2) is 24.3 Å². The third kappa shape index (κ3) is 27.7. The van der Waals surface area contributed by atoms with E-state index >= 15 is 0 Å². The highest BCUT2D eigenvalue weighted by molar-refractivity contribution is 5.76. The zero-order valence-corrected chi connectivity index (χ0v) is 48.4. The van der Waals surface area contributed by atoms with Gasteiger partial charge in [0.2, 0.25) is 5.91 Å². The van der Waals surface area contributed by atoms with Crippen molar-refractivity contribution in [2.24, 2.45) is 0 Å². The van der Waals surface area contributed by atoms with Gasteiger partial charge in [0.05, 0.1) is 38.6 Å². The van der Waals surface area contributed by atoms with Crippen molar-refractivity contribution in [3.8, 4) is 0 Å². The minimum Gasteiger partial charge on any atom is -0.394 e. The normalized spacial score (nSPS) is 30.4. The molecule has 3 aliphatic rings. The van der Waals surface area contributed by atoms with E-state index in [-0.39, 0.29) is 18.9 Å². The van der Waals surface area contributed by atoms with E-state index in [0.29, 0.717) is 6.42 Å². The summed E-state index contributed by atoms with van der Waals surface area (Å²) in [6.45, 7) is 1.72. The quantitative estimate of drug-likeness (QED) is 0.0248. The van der Waals surface area contributed by atoms with Gasteiger partial charge in [0.15, 0.2) is 18.9 Å². The number of aliphatic hydroxyl groups excluding tert-OH is 11. The molecule has 3 heterocycles. The summed E-state index contributed by atoms with van der Waals surface area (Å²) in [7, 11) is 0. The number of aliphatic hydroxyl groups is 11. The lowest BCUT2D eigenvalue weighted by Gasteiger charge is -2.48. The molecule has 0 spiro atoms. The Morgan fingerprint density at radius 3 is 1.23 bits per heavy atom. The molecule has 3 aliphatic heterocycles. The van der Waals surface area contributed by atoms with Gasteiger partial charge in [0.1, 0.15) is 73.2 Å². The zero-order chi connectivity index (χ0) is 57.6. The predicted octanol–water partition coefficient (Wildman–Crippen LogP) is 5.93. The van der Waals surface area contributed by atoms with Gasteiger partial charge in [-0.3, -0.25) is 4.79 Å². The molecule has 1 amide bonds. The third-order valence-corrected chi connectivity index (χ3v) is 15.7. The summed E-state index contributed by atoms with van der Waals surface area (Å²) in [5.74, 6) is -0.283. The van der Waals surface area contributed by atoms with E-state index in [2.05, 4.69) is 31.3 Å². The van der Waals surface area contributed by atoms with Gasteiger partial charge in [0, 0.05) is 6.42 Å². The lowest BCUT2D eigenvalue weighted by Crippen LogP contribution is -2.66. The highest BCUT2D eigenvalue weighted by Crippen LogP contribution is 2.33. The summed E-state index contributed by atoms with van der Waals surface area (Å²) in [6.07, 6.45) is 18.6. The molecule has 0 saturated carbocycles. The average Bonchev–Trinajstić information content (AvgIpc) is 3.49. The van der Waals surface area contributed by atoms with Crippen LogP contribution in [0.2, 0.25) is 0 Å². The minimum atomic E-state index is -1.98. The van der Waals surface area contributed by atoms with E-state index in [1.807, 2.05) is 6.08 Å². The van der Waals surface area contributed by atoms with Gasteiger partial charge in [-0.1, -0.05) is 192 Å². The van der Waals surface area contributed by atoms with Crippen LogP contribution in [0.5, 0.6) is 0 Å². The first-order valence-corrected chi connectivity index (χ1v) is 31.1. The van der Waals surface area contributed by atoms with Crippen molar-refractivity contribution in [3.63, 3.8) is 0 Å². The van der Waals surface area contributed by atoms with Gasteiger partial charge in [-0.25, -0.2) is 0 Å². The van der Waals surface area contributed by atoms with E-state index in [0.717, 1.165) is 64.2 Å². The minimum absolute atomic E-state index is 0.235. The number of unbranched alkanes of at least 4 members (excludes halogenated alkanes) is 28. The van der Waals surface area contributed by atoms with Crippen LogP contribution in [-0.4, -0.2) is 193 Å². The maximum Gasteiger partial charge on any atom is 0.220 e. The second-order valence-corrected chi connectivity index (χ2v) is 22.5. The second-order valence-electron chi connectivity index (χ2n) is 22.5. The van der Waals surface area contributed by atoms with Crippen molar-refractivity contribution in [2.75, 3.05) is 26.4 Å². The Hall–Kier alpha value is -1.73. The summed E-state index contributed by atoms with van der Waals surface area (Å²) in [6, 6.07) is -0.974. The van der Waals surface area contributed by atoms with Crippen molar-refractivity contribution >= 4 is 5.91 Å². The molecule has 79 heavy (non-hydrogen) atoms. The fraction of sp³-hybridized carbons (Fsp3) is 0.917. The number of allylic oxidation sites excluding steroid dienone is 3. The van der Waals surface area contributed by atoms with Crippen molar-refractivity contribution in [3.05, 3.63) is 24.3 Å². The molecule has 0 radical (unpaired) electrons. The Kier molecular flexibility index (Phi) is 39.7. The van der Waals surface area contributed by atoms with E-state index in [9.17, 15) is 61.0 Å². The molecular weight excluding hydrogens is 1020 g/mol. The summed E-state index contributed by atoms with van der Waals surface area (Å²) >= 11 is 0. The number of carbonyl (C=O) groups excluding carboxylic acids is 1. The van der Waals surface area contributed by atoms with Gasteiger partial charge in [-0.2, -0.15) is 0 Å². The Labute approximate surface area is 473 Å². The van der Waals surface area contributed by atoms with Gasteiger partial charge in [0.25, 0.3) is 0 Å². The predicted molar refractivity (Wildman–Crippen MR) is 300 cm³/mol. The Morgan fingerprint density at radius 1 is 0.443 bits per heavy atom. The number of carbonyl (C=O) groups is 1. The Morgan fingerprint density at radius 2 is 0.797 bits per heavy atom. The number of hydrogen-bond acceptors (Lipinski definition) is 18. The fourth-order valence-electron chi connectivity index (χ4n) is 10.6. The van der Waals surface area contributed by atoms with Gasteiger partial charge < -0.3 is 89.9 Å². The molecule has 3 saturated heterocycles. The van der Waals surface area contributed by atoms with Crippen molar-refractivity contribution in [1.29, 1.82) is 0 Å². The number of nitrogens with one attached hydrogen (secondary N) is 1. The standard InChI is InChI=1S/C60H111NO18/c1-3-5-7-9-11-13-15-17-19-21-22-23-25-27-29-31-33-35-37-44(65)43(61-48(66)38-36-34-32-30-28-26-24-20-18-16-14-12-10-8-6-4-2)42-74-58-54(72)51(69)56(46(40-63)76-58)79-60-55(73)52(70)57(47(41-64)77-60)78-59-53(71)50(68)49(67)45(39-62)75-59/h20,24,35,37,43-47,49-60,62-65,67-73H,3-19,21-23,25-34,36,38-42H2,1-2H3,(H,61,66)/b24-20-,37-35+. The van der Waals surface area contributed by atoms with E-state index in [1.54, 1.807) is 6.08 Å². The van der Waals surface area contributed by atoms with Crippen LogP contribution in [0.4, 0.5) is 0 Å². The number of ether oxygens (including phenoxy) is 6. The topological polar surface area (TPSA) is 307 Å². The monoisotopic (exact) mass is 1130 g/mol. The molecule has 0 aliphatic carbocycles. The summed E-state index contributed by atoms with van der Waals surface area (Å²) in [5.41, 5.74) is 0. The van der Waals surface area contributed by atoms with Crippen LogP contribution in [-0.2, 0) is 33.2 Å². The SMILES string of the molecule is CCCCCCCCC/C=C\CCCCCCCC(=O)NC(COC1OC(CO)C(OC2OC(CO)C(OC3OC(CO)C(O)C(O)C3O)C(O)C2O)C(O)C1O)C(O)/C=C/CCCCCCCCCCCCCCCCCC. The molecule has 19 heteroatoms. The largest absolute Gasteiger partial charge is 0.394 e. The smallest absolute Gasteiger partial charge is 0.220 e. The number of hydrogen-bond donors (Lipinski definition) is 12. The molecule has 0 aromatic heterocycles. The first-order chi connectivity index (χ1) is 38.3. The van der Waals surface area contributed by atoms with Crippen LogP contribution < -0.4 is 5.32 Å². The van der Waals surface area contributed by atoms with E-state index in [4.69, 9.17) is 28.4 Å². The molecule has 17 unspecified atom stereocenters. The molecule has 0 aromatic rings. The van der Waals surface area contributed by atoms with Crippen LogP contribution in [0.3, 0.4) is 0 Å². The molecular formula is C60H111NO18. The molecule has 12 N–H and O–H groups in total. The van der Waals surface area contributed by atoms with Gasteiger partial charge in [-0.15, -0.1) is 0 Å². The van der Waals surface area contributed by atoms with Crippen LogP contribution in [0.25, 0.3) is 0 Å². The van der Waals surface area contributed by atoms with Crippen molar-refractivity contribution in [1.82, 2.24) is 5.32 Å². The van der Waals surface area contributed by atoms with Crippen LogP contribution in [0, 0.1) is 0 Å². The number of amides is 1. The molecule has 0 aromatic carbocycles. The second kappa shape index (κ2) is 43.8. The fourth-order valence-corrected chi connectivity index (χ4v) is 10.6. The lowest BCUT2D eigenvalue weighted by atomic mass is 9.96. The highest BCUT2D eigenvalue weighted by atomic mass is 16.8. The third-order valence-electron chi connectivity index (χ3n) is 15.7. The van der Waals surface area contributed by atoms with Crippen molar-refractivity contribution in [2.45, 2.75) is 324 Å². The first kappa shape index (κ1) is 71.5. The molecule has 464 valence electrons. The molecule has 0 bridgehead atoms. The van der Waals surface area contributed by atoms with E-state index < -0.39 is 124 Å². The zero-order valence-electron chi connectivity index (χ0n) is 48.4. The molecule has 19 nitrogen and oxygen atoms in total. The number of rotatable bonds is 46. The van der Waals surface area contributed by atoms with Gasteiger partial charge >= 0.3 is 0 Å². The van der Waals surface area contributed by atoms with Gasteiger partial charge in [-0.05, 0) is 44.9 Å². The summed E-state index contributed by atoms with van der Waals surface area (Å²) in [5, 5.41) is 120. The molecule has 3 fully saturated rings. The molecule has 17 atom stereocenters. The maximum absolute atomic E-state index is 13.3. The average molecular weight is 1130 g/mol. The van der Waals surface area contributed by atoms with Crippen LogP contribution >= 0.6 is 0 Å². The maximum atomic E-state index is 13.3. The van der Waals surface area contributed by atoms with E-state index in [1.165, 1.54) is 128 Å². The summed E-state index contributed by atoms with van der Waals surface area (Å²) < 4.78 is 34.3. The molecule has 3 rings (SSSR count). The Balaban J connectivity index is 1.50. The lowest BCUT2D eigenvalue weighted by molar-refractivity contribution is -0.379. The van der Waals surface area contributed by atoms with Crippen LogP contribution in [0.1, 0.15) is 219 Å².